The molecule has 0 aliphatic carbocycles. The number of hydrogen-bond acceptors (Lipinski definition) is 10. The van der Waals surface area contributed by atoms with Crippen LogP contribution in [0.1, 0.15) is 0 Å². The third-order valence-corrected chi connectivity index (χ3v) is 0.843. The van der Waals surface area contributed by atoms with E-state index in [9.17, 15) is 19.2 Å². The predicted molar refractivity (Wildman–Crippen MR) is 123 cm³/mol. The van der Waals surface area contributed by atoms with Crippen molar-refractivity contribution in [3.63, 3.8) is 0 Å². The Hall–Kier alpha value is -3.56. The van der Waals surface area contributed by atoms with Crippen molar-refractivity contribution in [2.75, 3.05) is 56.4 Å². The molecule has 0 heterocycles. The number of amides is 4. The third kappa shape index (κ3) is 1630. The smallest absolute Gasteiger partial charge is 0.512 e. The van der Waals surface area contributed by atoms with Gasteiger partial charge in [-0.05, 0) is 0 Å². The fraction of sp³-hybridized carbons (Fsp3) is 0.444. The van der Waals surface area contributed by atoms with Crippen molar-refractivity contribution in [2.45, 2.75) is 0 Å². The molecule has 18 nitrogen and oxygen atoms in total. The summed E-state index contributed by atoms with van der Waals surface area (Å²) >= 11 is 0. The van der Waals surface area contributed by atoms with Gasteiger partial charge in [-0.3, -0.25) is 19.2 Å². The van der Waals surface area contributed by atoms with Gasteiger partial charge in [0, 0.05) is 56.4 Å². The Kier molecular flexibility index (Phi) is 678. The van der Waals surface area contributed by atoms with E-state index in [0.29, 0.717) is 0 Å². The molecule has 0 saturated heterocycles. The van der Waals surface area contributed by atoms with Gasteiger partial charge in [-0.15, -0.1) is 0 Å². The van der Waals surface area contributed by atoms with Crippen LogP contribution in [0.2, 0.25) is 0 Å². The number of carbonyl (C=O) groups is 4. The standard InChI is InChI=1S/4C3H7NO.6CN.Fe.Ho.4H2O/c4*1-4(2)3-5;6*1-2;;;;;;/h4*3H,1-2H3;;;;;;;;;4*1H2/q;;;;6*-1;2*+3;;;;. The molecule has 20 heteroatoms. The molecule has 8 N–H and O–H groups in total. The molecule has 225 valence electrons. The summed E-state index contributed by atoms with van der Waals surface area (Å²) in [5.74, 6) is 0. The Morgan fingerprint density at radius 3 is 0.395 bits per heavy atom. The quantitative estimate of drug-likeness (QED) is 0.153. The van der Waals surface area contributed by atoms with Crippen LogP contribution in [-0.4, -0.2) is 124 Å². The van der Waals surface area contributed by atoms with Crippen molar-refractivity contribution in [2.24, 2.45) is 0 Å². The van der Waals surface area contributed by atoms with E-state index in [-0.39, 0.29) is 76.7 Å². The van der Waals surface area contributed by atoms with Gasteiger partial charge in [-0.2, -0.15) is 0 Å². The molecule has 4 amide bonds. The zero-order valence-corrected chi connectivity index (χ0v) is 25.1. The molecule has 0 saturated carbocycles. The van der Waals surface area contributed by atoms with E-state index < -0.39 is 0 Å². The zero-order valence-electron chi connectivity index (χ0n) is 22.1. The molecule has 0 aromatic carbocycles. The first kappa shape index (κ1) is 113. The minimum absolute atomic E-state index is 0. The van der Waals surface area contributed by atoms with Crippen LogP contribution in [0.5, 0.6) is 0 Å². The molecule has 38 heavy (non-hydrogen) atoms. The minimum atomic E-state index is 0. The summed E-state index contributed by atoms with van der Waals surface area (Å²) in [6, 6.07) is 0. The SMILES string of the molecule is CN(C)C=O.CN(C)C=O.CN(C)C=O.CN(C)C=O.O.O.O.O.[C-]#N.[C-]#N.[C-]#N.[C-]#N.[C-]#N.[C-]#N.[Fe+3].[Ho+3]. The molecular formula is C18H36FeHoN10O8. The number of rotatable bonds is 4. The molecule has 0 aliphatic rings. The van der Waals surface area contributed by atoms with Crippen LogP contribution >= 0.6 is 0 Å². The first-order valence-corrected chi connectivity index (χ1v) is 6.89. The molecule has 0 fully saturated rings. The Morgan fingerprint density at radius 1 is 0.368 bits per heavy atom. The van der Waals surface area contributed by atoms with Crippen molar-refractivity contribution in [1.29, 1.82) is 31.6 Å². The maximum absolute atomic E-state index is 9.43. The fourth-order valence-corrected chi connectivity index (χ4v) is 0. The van der Waals surface area contributed by atoms with Crippen LogP contribution in [0, 0.1) is 109 Å². The van der Waals surface area contributed by atoms with Crippen LogP contribution in [0.3, 0.4) is 0 Å². The normalized spacial score (nSPS) is 3.89. The summed E-state index contributed by atoms with van der Waals surface area (Å²) in [6.45, 7) is 28.5. The minimum Gasteiger partial charge on any atom is -0.512 e. The number of carbonyl (C=O) groups excluding carboxylic acids is 4. The average Bonchev–Trinajstić information content (AvgIpc) is 2.87. The second-order valence-corrected chi connectivity index (χ2v) is 4.28. The zero-order chi connectivity index (χ0) is 29.1. The third-order valence-electron chi connectivity index (χ3n) is 0.843. The number of nitrogens with zero attached hydrogens (tertiary/aromatic N) is 10. The van der Waals surface area contributed by atoms with Gasteiger partial charge < -0.3 is 113 Å². The summed E-state index contributed by atoms with van der Waals surface area (Å²) in [7, 11) is 13.5. The molecular weight excluding hydrogens is 705 g/mol. The van der Waals surface area contributed by atoms with Crippen molar-refractivity contribution < 1.29 is 95.9 Å². The molecule has 0 aliphatic heterocycles. The van der Waals surface area contributed by atoms with Gasteiger partial charge in [-0.1, -0.05) is 0 Å². The first-order valence-electron chi connectivity index (χ1n) is 6.89. The molecule has 0 aromatic heterocycles. The molecule has 0 unspecified atom stereocenters. The van der Waals surface area contributed by atoms with E-state index in [0.717, 1.165) is 25.6 Å². The van der Waals surface area contributed by atoms with Gasteiger partial charge in [0.25, 0.3) is 0 Å². The molecule has 0 aromatic rings. The van der Waals surface area contributed by atoms with Crippen LogP contribution in [0.15, 0.2) is 0 Å². The van der Waals surface area contributed by atoms with E-state index in [1.54, 1.807) is 56.4 Å². The van der Waals surface area contributed by atoms with E-state index in [1.807, 2.05) is 0 Å². The van der Waals surface area contributed by atoms with Crippen molar-refractivity contribution in [1.82, 2.24) is 19.6 Å². The van der Waals surface area contributed by atoms with Crippen molar-refractivity contribution >= 4 is 25.6 Å². The summed E-state index contributed by atoms with van der Waals surface area (Å²) in [5.41, 5.74) is 0. The summed E-state index contributed by atoms with van der Waals surface area (Å²) in [6.07, 6.45) is 3.00. The number of hydrogen-bond donors (Lipinski definition) is 0. The predicted octanol–water partition coefficient (Wildman–Crippen LogP) is -3.91. The van der Waals surface area contributed by atoms with Gasteiger partial charge in [-0.25, -0.2) is 0 Å². The molecule has 0 atom stereocenters. The van der Waals surface area contributed by atoms with Crippen LogP contribution in [0.25, 0.3) is 0 Å². The van der Waals surface area contributed by atoms with Crippen molar-refractivity contribution in [3.05, 3.63) is 39.4 Å². The Labute approximate surface area is 267 Å². The topological polar surface area (TPSA) is 350 Å². The monoisotopic (exact) mass is 741 g/mol. The fourth-order valence-electron chi connectivity index (χ4n) is 0. The van der Waals surface area contributed by atoms with E-state index in [1.165, 1.54) is 19.6 Å². The van der Waals surface area contributed by atoms with E-state index in [4.69, 9.17) is 71.0 Å². The Morgan fingerprint density at radius 2 is 0.395 bits per heavy atom. The van der Waals surface area contributed by atoms with Crippen LogP contribution in [0.4, 0.5) is 0 Å². The van der Waals surface area contributed by atoms with Crippen molar-refractivity contribution in [3.8, 4) is 0 Å². The van der Waals surface area contributed by atoms with Gasteiger partial charge in [0.1, 0.15) is 0 Å². The summed E-state index contributed by atoms with van der Waals surface area (Å²) < 4.78 is 0. The Bertz CT molecular complexity index is 381. The van der Waals surface area contributed by atoms with E-state index in [2.05, 4.69) is 0 Å². The first-order chi connectivity index (χ1) is 15.1. The average molecular weight is 741 g/mol. The molecule has 0 rings (SSSR count). The maximum Gasteiger partial charge on any atom is 3.00 e. The van der Waals surface area contributed by atoms with E-state index >= 15 is 0 Å². The second kappa shape index (κ2) is 227. The van der Waals surface area contributed by atoms with Gasteiger partial charge >= 0.3 is 54.8 Å². The Balaban J connectivity index is -0.0000000102. The van der Waals surface area contributed by atoms with Gasteiger partial charge in [0.15, 0.2) is 0 Å². The summed E-state index contributed by atoms with van der Waals surface area (Å²) in [5, 5.41) is 37.5. The molecule has 0 bridgehead atoms. The van der Waals surface area contributed by atoms with Crippen LogP contribution in [-0.2, 0) is 36.2 Å². The largest absolute Gasteiger partial charge is 3.00 e. The van der Waals surface area contributed by atoms with Gasteiger partial charge in [0.2, 0.25) is 25.6 Å². The molecule has 1 radical (unpaired) electrons. The summed E-state index contributed by atoms with van der Waals surface area (Å²) in [4.78, 5) is 43.5. The maximum atomic E-state index is 9.43. The van der Waals surface area contributed by atoms with Crippen LogP contribution < -0.4 is 0 Å². The second-order valence-electron chi connectivity index (χ2n) is 4.28. The van der Waals surface area contributed by atoms with Gasteiger partial charge in [0.05, 0.1) is 0 Å². The molecule has 0 spiro atoms.